The Bertz CT molecular complexity index is 999. The standard InChI is InChI=1S/C23H30Cl2N4O3/c1-14-17(15-8-7-9-16(24)18(15)25)19(31-6)27-20(26-14)29-12-10-23(5,11-13-29)28-21(30)32-22(2,3)4/h7-9H,10-13H2,1-6H3,(H,28,30). The van der Waals surface area contributed by atoms with Crippen molar-refractivity contribution in [3.05, 3.63) is 33.9 Å². The summed E-state index contributed by atoms with van der Waals surface area (Å²) in [5.41, 5.74) is 1.31. The summed E-state index contributed by atoms with van der Waals surface area (Å²) >= 11 is 12.6. The maximum Gasteiger partial charge on any atom is 0.408 e. The lowest BCUT2D eigenvalue weighted by Gasteiger charge is -2.40. The molecule has 32 heavy (non-hydrogen) atoms. The van der Waals surface area contributed by atoms with Gasteiger partial charge in [0.25, 0.3) is 0 Å². The first-order valence-corrected chi connectivity index (χ1v) is 11.3. The average molecular weight is 481 g/mol. The van der Waals surface area contributed by atoms with Crippen LogP contribution in [0.3, 0.4) is 0 Å². The number of hydrogen-bond donors (Lipinski definition) is 1. The van der Waals surface area contributed by atoms with Crippen LogP contribution in [0.2, 0.25) is 10.0 Å². The van der Waals surface area contributed by atoms with Crippen LogP contribution < -0.4 is 15.0 Å². The summed E-state index contributed by atoms with van der Waals surface area (Å²) < 4.78 is 11.0. The molecule has 2 aromatic rings. The van der Waals surface area contributed by atoms with Crippen LogP contribution in [0.15, 0.2) is 18.2 Å². The number of hydrogen-bond acceptors (Lipinski definition) is 6. The van der Waals surface area contributed by atoms with Crippen LogP contribution >= 0.6 is 23.2 Å². The second-order valence-corrected chi connectivity index (χ2v) is 10.1. The lowest BCUT2D eigenvalue weighted by atomic mass is 9.90. The van der Waals surface area contributed by atoms with Gasteiger partial charge in [-0.2, -0.15) is 4.98 Å². The van der Waals surface area contributed by atoms with Gasteiger partial charge in [0.15, 0.2) is 0 Å². The SMILES string of the molecule is COc1nc(N2CCC(C)(NC(=O)OC(C)(C)C)CC2)nc(C)c1-c1cccc(Cl)c1Cl. The van der Waals surface area contributed by atoms with Gasteiger partial charge in [0.2, 0.25) is 11.8 Å². The molecule has 0 spiro atoms. The molecule has 0 bridgehead atoms. The quantitative estimate of drug-likeness (QED) is 0.608. The first-order chi connectivity index (χ1) is 14.9. The maximum atomic E-state index is 12.2. The zero-order valence-corrected chi connectivity index (χ0v) is 20.9. The fourth-order valence-electron chi connectivity index (χ4n) is 3.70. The van der Waals surface area contributed by atoms with E-state index in [1.165, 1.54) is 0 Å². The third kappa shape index (κ3) is 5.56. The van der Waals surface area contributed by atoms with Gasteiger partial charge in [0.1, 0.15) is 5.60 Å². The number of methoxy groups -OCH3 is 1. The van der Waals surface area contributed by atoms with E-state index in [4.69, 9.17) is 37.7 Å². The first kappa shape index (κ1) is 24.4. The van der Waals surface area contributed by atoms with E-state index in [-0.39, 0.29) is 5.54 Å². The summed E-state index contributed by atoms with van der Waals surface area (Å²) in [7, 11) is 1.57. The third-order valence-corrected chi connectivity index (χ3v) is 6.23. The van der Waals surface area contributed by atoms with E-state index in [2.05, 4.69) is 15.2 Å². The molecule has 1 N–H and O–H groups in total. The molecule has 9 heteroatoms. The number of nitrogens with zero attached hydrogens (tertiary/aromatic N) is 3. The first-order valence-electron chi connectivity index (χ1n) is 10.6. The molecule has 1 aliphatic rings. The Kier molecular flexibility index (Phi) is 7.10. The smallest absolute Gasteiger partial charge is 0.408 e. The normalized spacial score (nSPS) is 15.9. The highest BCUT2D eigenvalue weighted by Crippen LogP contribution is 2.40. The van der Waals surface area contributed by atoms with Gasteiger partial charge in [0.05, 0.1) is 28.4 Å². The van der Waals surface area contributed by atoms with Crippen LogP contribution in [0.4, 0.5) is 10.7 Å². The Morgan fingerprint density at radius 1 is 1.19 bits per heavy atom. The Labute approximate surface area is 199 Å². The number of carbonyl (C=O) groups excluding carboxylic acids is 1. The molecule has 2 heterocycles. The van der Waals surface area contributed by atoms with Crippen molar-refractivity contribution >= 4 is 35.2 Å². The monoisotopic (exact) mass is 480 g/mol. The topological polar surface area (TPSA) is 76.6 Å². The summed E-state index contributed by atoms with van der Waals surface area (Å²) in [5.74, 6) is 1.03. The van der Waals surface area contributed by atoms with Gasteiger partial charge in [-0.3, -0.25) is 0 Å². The Balaban J connectivity index is 1.78. The average Bonchev–Trinajstić information content (AvgIpc) is 2.68. The number of carbonyl (C=O) groups is 1. The molecule has 3 rings (SSSR count). The minimum Gasteiger partial charge on any atom is -0.480 e. The summed E-state index contributed by atoms with van der Waals surface area (Å²) in [6, 6.07) is 5.44. The molecule has 1 aliphatic heterocycles. The van der Waals surface area contributed by atoms with E-state index in [1.807, 2.05) is 46.8 Å². The molecule has 1 aromatic heterocycles. The van der Waals surface area contributed by atoms with Crippen LogP contribution in [0.25, 0.3) is 11.1 Å². The predicted octanol–water partition coefficient (Wildman–Crippen LogP) is 5.65. The number of piperidine rings is 1. The van der Waals surface area contributed by atoms with Crippen molar-refractivity contribution in [1.29, 1.82) is 0 Å². The highest BCUT2D eigenvalue weighted by Gasteiger charge is 2.34. The second kappa shape index (κ2) is 9.32. The van der Waals surface area contributed by atoms with Crippen molar-refractivity contribution in [2.45, 2.75) is 58.6 Å². The van der Waals surface area contributed by atoms with Crippen molar-refractivity contribution in [1.82, 2.24) is 15.3 Å². The van der Waals surface area contributed by atoms with E-state index in [0.29, 0.717) is 35.0 Å². The van der Waals surface area contributed by atoms with Crippen molar-refractivity contribution in [3.8, 4) is 17.0 Å². The lowest BCUT2D eigenvalue weighted by Crippen LogP contribution is -2.54. The predicted molar refractivity (Wildman–Crippen MR) is 128 cm³/mol. The zero-order valence-electron chi connectivity index (χ0n) is 19.4. The second-order valence-electron chi connectivity index (χ2n) is 9.27. The van der Waals surface area contributed by atoms with E-state index in [1.54, 1.807) is 13.2 Å². The van der Waals surface area contributed by atoms with Gasteiger partial charge >= 0.3 is 6.09 Å². The molecule has 0 radical (unpaired) electrons. The summed E-state index contributed by atoms with van der Waals surface area (Å²) in [6.45, 7) is 10.9. The van der Waals surface area contributed by atoms with Crippen LogP contribution in [-0.4, -0.2) is 47.4 Å². The Morgan fingerprint density at radius 3 is 2.44 bits per heavy atom. The Hall–Kier alpha value is -2.25. The number of amides is 1. The third-order valence-electron chi connectivity index (χ3n) is 5.41. The molecule has 174 valence electrons. The van der Waals surface area contributed by atoms with Gasteiger partial charge < -0.3 is 19.7 Å². The van der Waals surface area contributed by atoms with Gasteiger partial charge in [-0.05, 0) is 53.5 Å². The number of rotatable bonds is 4. The Morgan fingerprint density at radius 2 is 1.84 bits per heavy atom. The van der Waals surface area contributed by atoms with Crippen LogP contribution in [0, 0.1) is 6.92 Å². The molecule has 1 saturated heterocycles. The van der Waals surface area contributed by atoms with E-state index < -0.39 is 11.7 Å². The number of nitrogens with one attached hydrogen (secondary N) is 1. The van der Waals surface area contributed by atoms with Crippen molar-refractivity contribution in [3.63, 3.8) is 0 Å². The zero-order chi connectivity index (χ0) is 23.7. The molecule has 7 nitrogen and oxygen atoms in total. The molecule has 0 atom stereocenters. The number of halogens is 2. The van der Waals surface area contributed by atoms with Crippen molar-refractivity contribution in [2.24, 2.45) is 0 Å². The minimum absolute atomic E-state index is 0.355. The highest BCUT2D eigenvalue weighted by molar-refractivity contribution is 6.43. The van der Waals surface area contributed by atoms with Gasteiger partial charge in [-0.25, -0.2) is 9.78 Å². The molecule has 1 aromatic carbocycles. The largest absolute Gasteiger partial charge is 0.480 e. The number of aryl methyl sites for hydroxylation is 1. The van der Waals surface area contributed by atoms with E-state index >= 15 is 0 Å². The van der Waals surface area contributed by atoms with Crippen LogP contribution in [0.1, 0.15) is 46.2 Å². The van der Waals surface area contributed by atoms with E-state index in [9.17, 15) is 4.79 Å². The number of aromatic nitrogens is 2. The van der Waals surface area contributed by atoms with Gasteiger partial charge in [-0.1, -0.05) is 35.3 Å². The molecular weight excluding hydrogens is 451 g/mol. The van der Waals surface area contributed by atoms with Crippen molar-refractivity contribution < 1.29 is 14.3 Å². The molecule has 1 amide bonds. The van der Waals surface area contributed by atoms with Crippen LogP contribution in [0.5, 0.6) is 5.88 Å². The molecular formula is C23H30Cl2N4O3. The number of ether oxygens (including phenoxy) is 2. The molecule has 0 unspecified atom stereocenters. The van der Waals surface area contributed by atoms with Crippen LogP contribution in [-0.2, 0) is 4.74 Å². The minimum atomic E-state index is -0.531. The maximum absolute atomic E-state index is 12.2. The summed E-state index contributed by atoms with van der Waals surface area (Å²) in [4.78, 5) is 23.7. The molecule has 0 saturated carbocycles. The van der Waals surface area contributed by atoms with E-state index in [0.717, 1.165) is 29.7 Å². The fourth-order valence-corrected chi connectivity index (χ4v) is 4.10. The number of anilines is 1. The van der Waals surface area contributed by atoms with Crippen molar-refractivity contribution in [2.75, 3.05) is 25.1 Å². The lowest BCUT2D eigenvalue weighted by molar-refractivity contribution is 0.0448. The number of benzene rings is 1. The van der Waals surface area contributed by atoms with Gasteiger partial charge in [0, 0.05) is 24.2 Å². The molecule has 0 aliphatic carbocycles. The number of alkyl carbamates (subject to hydrolysis) is 1. The summed E-state index contributed by atoms with van der Waals surface area (Å²) in [5, 5.41) is 3.92. The fraction of sp³-hybridized carbons (Fsp3) is 0.522. The van der Waals surface area contributed by atoms with Gasteiger partial charge in [-0.15, -0.1) is 0 Å². The highest BCUT2D eigenvalue weighted by atomic mass is 35.5. The summed E-state index contributed by atoms with van der Waals surface area (Å²) in [6.07, 6.45) is 1.07. The molecule has 1 fully saturated rings.